The third kappa shape index (κ3) is 5.70. The van der Waals surface area contributed by atoms with Gasteiger partial charge >= 0.3 is 0 Å². The van der Waals surface area contributed by atoms with Gasteiger partial charge in [0, 0.05) is 18.2 Å². The number of carbonyl (C=O) groups is 2. The average molecular weight is 556 g/mol. The summed E-state index contributed by atoms with van der Waals surface area (Å²) < 4.78 is 23.1. The van der Waals surface area contributed by atoms with Crippen molar-refractivity contribution >= 4 is 23.2 Å². The van der Waals surface area contributed by atoms with Gasteiger partial charge in [0.1, 0.15) is 41.3 Å². The van der Waals surface area contributed by atoms with Crippen molar-refractivity contribution in [3.05, 3.63) is 101 Å². The summed E-state index contributed by atoms with van der Waals surface area (Å²) in [4.78, 5) is 27.1. The first kappa shape index (κ1) is 27.6. The maximum Gasteiger partial charge on any atom is 0.262 e. The normalized spacial score (nSPS) is 14.2. The molecule has 1 atom stereocenters. The lowest BCUT2D eigenvalue weighted by atomic mass is 10.0. The molecule has 0 saturated heterocycles. The molecule has 0 aliphatic carbocycles. The minimum Gasteiger partial charge on any atom is -0.496 e. The van der Waals surface area contributed by atoms with E-state index in [2.05, 4.69) is 10.6 Å². The molecule has 1 unspecified atom stereocenters. The Balaban J connectivity index is 1.48. The van der Waals surface area contributed by atoms with Gasteiger partial charge in [0.2, 0.25) is 5.91 Å². The zero-order chi connectivity index (χ0) is 29.1. The Morgan fingerprint density at radius 1 is 1.00 bits per heavy atom. The Morgan fingerprint density at radius 3 is 2.41 bits per heavy atom. The Bertz CT molecular complexity index is 1560. The van der Waals surface area contributed by atoms with Crippen LogP contribution in [0.1, 0.15) is 51.5 Å². The van der Waals surface area contributed by atoms with Gasteiger partial charge in [-0.15, -0.1) is 0 Å². The van der Waals surface area contributed by atoms with Gasteiger partial charge in [0.15, 0.2) is 0 Å². The molecule has 2 N–H and O–H groups in total. The lowest BCUT2D eigenvalue weighted by molar-refractivity contribution is -0.114. The molecule has 0 bridgehead atoms. The summed E-state index contributed by atoms with van der Waals surface area (Å²) in [6.45, 7) is 5.86. The van der Waals surface area contributed by atoms with Crippen LogP contribution in [-0.2, 0) is 17.9 Å². The molecule has 5 rings (SSSR count). The lowest BCUT2D eigenvalue weighted by Crippen LogP contribution is -2.42. The standard InChI is InChI=1S/C32H33N3O6/c1-19-14-24(33-21(3)36)15-20(2)30(19)41-18-23-16-22(11-12-27(23)38-4)31-34-26-9-6-10-28(39-5)29(26)32(37)35(31)17-25-8-7-13-40-25/h6-16,31,34H,17-18H2,1-5H3,(H,33,36). The van der Waals surface area contributed by atoms with Crippen LogP contribution in [0.4, 0.5) is 11.4 Å². The first-order valence-corrected chi connectivity index (χ1v) is 13.2. The Labute approximate surface area is 239 Å². The van der Waals surface area contributed by atoms with Crippen LogP contribution in [0, 0.1) is 13.8 Å². The van der Waals surface area contributed by atoms with Crippen LogP contribution >= 0.6 is 0 Å². The van der Waals surface area contributed by atoms with Crippen LogP contribution in [0.5, 0.6) is 17.2 Å². The Morgan fingerprint density at radius 2 is 1.76 bits per heavy atom. The number of hydrogen-bond acceptors (Lipinski definition) is 7. The van der Waals surface area contributed by atoms with Crippen molar-refractivity contribution in [2.75, 3.05) is 24.9 Å². The molecule has 2 amide bonds. The maximum absolute atomic E-state index is 13.9. The maximum atomic E-state index is 13.9. The van der Waals surface area contributed by atoms with Crippen LogP contribution in [0.15, 0.2) is 71.3 Å². The highest BCUT2D eigenvalue weighted by Gasteiger charge is 2.36. The molecule has 0 radical (unpaired) electrons. The monoisotopic (exact) mass is 555 g/mol. The minimum atomic E-state index is -0.489. The van der Waals surface area contributed by atoms with Crippen molar-refractivity contribution in [1.29, 1.82) is 0 Å². The second-order valence-electron chi connectivity index (χ2n) is 9.92. The molecule has 41 heavy (non-hydrogen) atoms. The van der Waals surface area contributed by atoms with E-state index in [1.54, 1.807) is 37.5 Å². The summed E-state index contributed by atoms with van der Waals surface area (Å²) in [6.07, 6.45) is 1.10. The molecule has 4 aromatic rings. The predicted octanol–water partition coefficient (Wildman–Crippen LogP) is 6.22. The van der Waals surface area contributed by atoms with E-state index in [1.165, 1.54) is 6.92 Å². The van der Waals surface area contributed by atoms with Crippen LogP contribution in [-0.4, -0.2) is 30.9 Å². The average Bonchev–Trinajstić information content (AvgIpc) is 3.46. The number of aryl methyl sites for hydroxylation is 2. The van der Waals surface area contributed by atoms with Crippen LogP contribution < -0.4 is 24.8 Å². The van der Waals surface area contributed by atoms with Crippen LogP contribution in [0.25, 0.3) is 0 Å². The molecule has 2 heterocycles. The van der Waals surface area contributed by atoms with Gasteiger partial charge in [-0.25, -0.2) is 0 Å². The smallest absolute Gasteiger partial charge is 0.262 e. The van der Waals surface area contributed by atoms with Crippen molar-refractivity contribution in [2.45, 2.75) is 40.1 Å². The number of rotatable bonds is 9. The van der Waals surface area contributed by atoms with Crippen molar-refractivity contribution in [2.24, 2.45) is 0 Å². The van der Waals surface area contributed by atoms with Gasteiger partial charge in [0.25, 0.3) is 5.91 Å². The van der Waals surface area contributed by atoms with Crippen molar-refractivity contribution < 1.29 is 28.2 Å². The number of anilines is 2. The van der Waals surface area contributed by atoms with Gasteiger partial charge in [-0.2, -0.15) is 0 Å². The summed E-state index contributed by atoms with van der Waals surface area (Å²) in [7, 11) is 3.17. The number of hydrogen-bond donors (Lipinski definition) is 2. The third-order valence-electron chi connectivity index (χ3n) is 7.00. The summed E-state index contributed by atoms with van der Waals surface area (Å²) >= 11 is 0. The van der Waals surface area contributed by atoms with E-state index in [9.17, 15) is 9.59 Å². The molecular formula is C32H33N3O6. The highest BCUT2D eigenvalue weighted by Crippen LogP contribution is 2.39. The molecule has 0 saturated carbocycles. The fourth-order valence-electron chi connectivity index (χ4n) is 5.21. The summed E-state index contributed by atoms with van der Waals surface area (Å²) in [5, 5.41) is 6.35. The van der Waals surface area contributed by atoms with Gasteiger partial charge in [-0.05, 0) is 79.1 Å². The molecular weight excluding hydrogens is 522 g/mol. The van der Waals surface area contributed by atoms with E-state index >= 15 is 0 Å². The number of fused-ring (bicyclic) bond motifs is 1. The number of amides is 2. The second-order valence-corrected chi connectivity index (χ2v) is 9.92. The first-order valence-electron chi connectivity index (χ1n) is 13.2. The predicted molar refractivity (Wildman–Crippen MR) is 155 cm³/mol. The molecule has 0 fully saturated rings. The molecule has 1 aliphatic rings. The van der Waals surface area contributed by atoms with Gasteiger partial charge in [0.05, 0.1) is 32.7 Å². The number of methoxy groups -OCH3 is 2. The van der Waals surface area contributed by atoms with E-state index in [4.69, 9.17) is 18.6 Å². The van der Waals surface area contributed by atoms with Gasteiger partial charge in [-0.1, -0.05) is 12.1 Å². The van der Waals surface area contributed by atoms with E-state index in [0.717, 1.165) is 33.7 Å². The van der Waals surface area contributed by atoms with Crippen molar-refractivity contribution in [3.63, 3.8) is 0 Å². The Kier molecular flexibility index (Phi) is 7.87. The molecule has 0 spiro atoms. The zero-order valence-corrected chi connectivity index (χ0v) is 23.7. The summed E-state index contributed by atoms with van der Waals surface area (Å²) in [5.41, 5.74) is 5.36. The van der Waals surface area contributed by atoms with Crippen LogP contribution in [0.3, 0.4) is 0 Å². The first-order chi connectivity index (χ1) is 19.8. The van der Waals surface area contributed by atoms with Gasteiger partial charge in [-0.3, -0.25) is 9.59 Å². The Hall–Kier alpha value is -4.92. The fraction of sp³-hybridized carbons (Fsp3) is 0.250. The quantitative estimate of drug-likeness (QED) is 0.253. The van der Waals surface area contributed by atoms with E-state index in [1.807, 2.05) is 62.4 Å². The highest BCUT2D eigenvalue weighted by atomic mass is 16.5. The molecule has 9 nitrogen and oxygen atoms in total. The third-order valence-corrected chi connectivity index (χ3v) is 7.00. The second kappa shape index (κ2) is 11.7. The molecule has 3 aromatic carbocycles. The number of carbonyl (C=O) groups excluding carboxylic acids is 2. The zero-order valence-electron chi connectivity index (χ0n) is 23.7. The van der Waals surface area contributed by atoms with Crippen molar-refractivity contribution in [3.8, 4) is 17.2 Å². The van der Waals surface area contributed by atoms with Crippen molar-refractivity contribution in [1.82, 2.24) is 4.90 Å². The fourth-order valence-corrected chi connectivity index (χ4v) is 5.21. The van der Waals surface area contributed by atoms with Crippen LogP contribution in [0.2, 0.25) is 0 Å². The molecule has 9 heteroatoms. The number of nitrogens with zero attached hydrogens (tertiary/aromatic N) is 1. The summed E-state index contributed by atoms with van der Waals surface area (Å²) in [5.74, 6) is 2.27. The number of furan rings is 1. The SMILES string of the molecule is COc1ccc(C2Nc3cccc(OC)c3C(=O)N2Cc2ccco2)cc1COc1c(C)cc(NC(C)=O)cc1C. The minimum absolute atomic E-state index is 0.129. The number of benzene rings is 3. The topological polar surface area (TPSA) is 102 Å². The lowest BCUT2D eigenvalue weighted by Gasteiger charge is -2.38. The highest BCUT2D eigenvalue weighted by molar-refractivity contribution is 6.04. The number of nitrogens with one attached hydrogen (secondary N) is 2. The largest absolute Gasteiger partial charge is 0.496 e. The molecule has 1 aliphatic heterocycles. The molecule has 212 valence electrons. The molecule has 1 aromatic heterocycles. The number of ether oxygens (including phenoxy) is 3. The summed E-state index contributed by atoms with van der Waals surface area (Å²) in [6, 6.07) is 18.7. The van der Waals surface area contributed by atoms with E-state index in [0.29, 0.717) is 28.5 Å². The van der Waals surface area contributed by atoms with E-state index < -0.39 is 6.17 Å². The van der Waals surface area contributed by atoms with E-state index in [-0.39, 0.29) is 25.0 Å². The van der Waals surface area contributed by atoms with Gasteiger partial charge < -0.3 is 34.2 Å².